The lowest BCUT2D eigenvalue weighted by molar-refractivity contribution is 0.236. The van der Waals surface area contributed by atoms with E-state index in [-0.39, 0.29) is 12.0 Å². The van der Waals surface area contributed by atoms with Crippen molar-refractivity contribution < 1.29 is 9.52 Å². The predicted octanol–water partition coefficient (Wildman–Crippen LogP) is 3.32. The maximum atomic E-state index is 8.89. The highest BCUT2D eigenvalue weighted by Gasteiger charge is 2.16. The highest BCUT2D eigenvalue weighted by Crippen LogP contribution is 2.23. The highest BCUT2D eigenvalue weighted by molar-refractivity contribution is 5.80. The second-order valence-electron chi connectivity index (χ2n) is 5.85. The van der Waals surface area contributed by atoms with Gasteiger partial charge in [0.2, 0.25) is 0 Å². The number of benzene rings is 1. The molecule has 0 fully saturated rings. The van der Waals surface area contributed by atoms with Crippen LogP contribution in [0, 0.1) is 5.41 Å². The fourth-order valence-corrected chi connectivity index (χ4v) is 2.35. The van der Waals surface area contributed by atoms with Gasteiger partial charge >= 0.3 is 0 Å². The van der Waals surface area contributed by atoms with E-state index in [1.165, 1.54) is 10.9 Å². The van der Waals surface area contributed by atoms with Gasteiger partial charge in [-0.1, -0.05) is 32.0 Å². The largest absolute Gasteiger partial charge is 0.464 e. The Morgan fingerprint density at radius 3 is 2.84 bits per heavy atom. The molecule has 0 saturated heterocycles. The maximum absolute atomic E-state index is 8.89. The van der Waals surface area contributed by atoms with Crippen LogP contribution in [0.15, 0.2) is 34.9 Å². The Balaban J connectivity index is 1.89. The van der Waals surface area contributed by atoms with Crippen LogP contribution in [0.2, 0.25) is 0 Å². The summed E-state index contributed by atoms with van der Waals surface area (Å²) in [6.07, 6.45) is 3.73. The van der Waals surface area contributed by atoms with E-state index >= 15 is 0 Å². The number of furan rings is 1. The molecule has 0 spiro atoms. The quantitative estimate of drug-likeness (QED) is 0.803. The molecular formula is C16H23NO2. The van der Waals surface area contributed by atoms with Gasteiger partial charge in [0.15, 0.2) is 0 Å². The molecule has 0 atom stereocenters. The Morgan fingerprint density at radius 2 is 2.05 bits per heavy atom. The molecule has 0 aliphatic rings. The van der Waals surface area contributed by atoms with Gasteiger partial charge in [0.05, 0.1) is 6.26 Å². The van der Waals surface area contributed by atoms with E-state index in [1.807, 2.05) is 24.5 Å². The number of aliphatic hydroxyl groups excluding tert-OH is 1. The standard InChI is InChI=1S/C16H23NO2/c1-16(2,8-5-9-18)12-17-10-13-11-19-15-7-4-3-6-14(13)15/h3-4,6-7,11,17-18H,5,8-10,12H2,1-2H3. The van der Waals surface area contributed by atoms with Crippen LogP contribution in [0.3, 0.4) is 0 Å². The summed E-state index contributed by atoms with van der Waals surface area (Å²) in [4.78, 5) is 0. The van der Waals surface area contributed by atoms with E-state index < -0.39 is 0 Å². The van der Waals surface area contributed by atoms with Crippen molar-refractivity contribution in [3.63, 3.8) is 0 Å². The molecule has 0 bridgehead atoms. The van der Waals surface area contributed by atoms with Crippen LogP contribution in [-0.4, -0.2) is 18.3 Å². The van der Waals surface area contributed by atoms with E-state index in [4.69, 9.17) is 9.52 Å². The van der Waals surface area contributed by atoms with E-state index in [0.717, 1.165) is 31.5 Å². The lowest BCUT2D eigenvalue weighted by Crippen LogP contribution is -2.29. The minimum atomic E-state index is 0.211. The zero-order valence-corrected chi connectivity index (χ0v) is 11.8. The first kappa shape index (κ1) is 14.1. The second-order valence-corrected chi connectivity index (χ2v) is 5.85. The molecule has 0 unspecified atom stereocenters. The summed E-state index contributed by atoms with van der Waals surface area (Å²) in [5.41, 5.74) is 2.36. The number of hydrogen-bond donors (Lipinski definition) is 2. The van der Waals surface area contributed by atoms with Gasteiger partial charge in [0, 0.05) is 30.6 Å². The summed E-state index contributed by atoms with van der Waals surface area (Å²) in [5.74, 6) is 0. The molecule has 0 radical (unpaired) electrons. The normalized spacial score (nSPS) is 12.2. The number of rotatable bonds is 7. The molecule has 1 aromatic heterocycles. The predicted molar refractivity (Wildman–Crippen MR) is 78.0 cm³/mol. The molecule has 0 amide bonds. The third-order valence-corrected chi connectivity index (χ3v) is 3.49. The smallest absolute Gasteiger partial charge is 0.134 e. The van der Waals surface area contributed by atoms with Crippen LogP contribution in [-0.2, 0) is 6.54 Å². The molecule has 1 aromatic carbocycles. The van der Waals surface area contributed by atoms with Gasteiger partial charge in [-0.05, 0) is 24.3 Å². The van der Waals surface area contributed by atoms with Crippen molar-refractivity contribution >= 4 is 11.0 Å². The molecule has 104 valence electrons. The van der Waals surface area contributed by atoms with Crippen molar-refractivity contribution in [2.75, 3.05) is 13.2 Å². The van der Waals surface area contributed by atoms with Crippen LogP contribution < -0.4 is 5.32 Å². The van der Waals surface area contributed by atoms with Crippen LogP contribution in [0.5, 0.6) is 0 Å². The van der Waals surface area contributed by atoms with Crippen molar-refractivity contribution in [1.29, 1.82) is 0 Å². The Bertz CT molecular complexity index is 516. The van der Waals surface area contributed by atoms with Crippen LogP contribution in [0.1, 0.15) is 32.3 Å². The van der Waals surface area contributed by atoms with Crippen molar-refractivity contribution in [3.05, 3.63) is 36.1 Å². The summed E-state index contributed by atoms with van der Waals surface area (Å²) in [6.45, 7) is 6.48. The van der Waals surface area contributed by atoms with Gasteiger partial charge in [-0.25, -0.2) is 0 Å². The SMILES string of the molecule is CC(C)(CCCO)CNCc1coc2ccccc12. The van der Waals surface area contributed by atoms with Gasteiger partial charge < -0.3 is 14.8 Å². The average Bonchev–Trinajstić information content (AvgIpc) is 2.80. The first-order valence-corrected chi connectivity index (χ1v) is 6.89. The van der Waals surface area contributed by atoms with Gasteiger partial charge in [-0.2, -0.15) is 0 Å². The Morgan fingerprint density at radius 1 is 1.26 bits per heavy atom. The minimum Gasteiger partial charge on any atom is -0.464 e. The summed E-state index contributed by atoms with van der Waals surface area (Å²) < 4.78 is 5.52. The molecular weight excluding hydrogens is 238 g/mol. The third kappa shape index (κ3) is 3.82. The van der Waals surface area contributed by atoms with Gasteiger partial charge in [-0.3, -0.25) is 0 Å². The van der Waals surface area contributed by atoms with Crippen molar-refractivity contribution in [1.82, 2.24) is 5.32 Å². The Kier molecular flexibility index (Phi) is 4.61. The first-order chi connectivity index (χ1) is 9.12. The molecule has 3 nitrogen and oxygen atoms in total. The number of para-hydroxylation sites is 1. The summed E-state index contributed by atoms with van der Waals surface area (Å²) in [6, 6.07) is 8.10. The van der Waals surface area contributed by atoms with E-state index in [0.29, 0.717) is 0 Å². The molecule has 2 aromatic rings. The Labute approximate surface area is 114 Å². The highest BCUT2D eigenvalue weighted by atomic mass is 16.3. The third-order valence-electron chi connectivity index (χ3n) is 3.49. The summed E-state index contributed by atoms with van der Waals surface area (Å²) in [5, 5.41) is 13.6. The van der Waals surface area contributed by atoms with E-state index in [1.54, 1.807) is 0 Å². The van der Waals surface area contributed by atoms with Crippen LogP contribution in [0.25, 0.3) is 11.0 Å². The zero-order valence-electron chi connectivity index (χ0n) is 11.8. The lowest BCUT2D eigenvalue weighted by atomic mass is 9.88. The summed E-state index contributed by atoms with van der Waals surface area (Å²) in [7, 11) is 0. The average molecular weight is 261 g/mol. The van der Waals surface area contributed by atoms with Crippen molar-refractivity contribution in [2.45, 2.75) is 33.2 Å². The zero-order chi connectivity index (χ0) is 13.7. The molecule has 1 heterocycles. The number of fused-ring (bicyclic) bond motifs is 1. The monoisotopic (exact) mass is 261 g/mol. The van der Waals surface area contributed by atoms with Gasteiger partial charge in [-0.15, -0.1) is 0 Å². The molecule has 19 heavy (non-hydrogen) atoms. The fourth-order valence-electron chi connectivity index (χ4n) is 2.35. The molecule has 0 saturated carbocycles. The summed E-state index contributed by atoms with van der Waals surface area (Å²) >= 11 is 0. The molecule has 3 heteroatoms. The van der Waals surface area contributed by atoms with Crippen LogP contribution in [0.4, 0.5) is 0 Å². The van der Waals surface area contributed by atoms with Crippen molar-refractivity contribution in [2.24, 2.45) is 5.41 Å². The Hall–Kier alpha value is -1.32. The molecule has 0 aliphatic carbocycles. The number of hydrogen-bond acceptors (Lipinski definition) is 3. The molecule has 2 N–H and O–H groups in total. The fraction of sp³-hybridized carbons (Fsp3) is 0.500. The maximum Gasteiger partial charge on any atom is 0.134 e. The first-order valence-electron chi connectivity index (χ1n) is 6.89. The second kappa shape index (κ2) is 6.22. The lowest BCUT2D eigenvalue weighted by Gasteiger charge is -2.24. The van der Waals surface area contributed by atoms with Gasteiger partial charge in [0.25, 0.3) is 0 Å². The van der Waals surface area contributed by atoms with Crippen molar-refractivity contribution in [3.8, 4) is 0 Å². The number of nitrogens with one attached hydrogen (secondary N) is 1. The van der Waals surface area contributed by atoms with Crippen LogP contribution >= 0.6 is 0 Å². The topological polar surface area (TPSA) is 45.4 Å². The number of aliphatic hydroxyl groups is 1. The van der Waals surface area contributed by atoms with E-state index in [9.17, 15) is 0 Å². The molecule has 2 rings (SSSR count). The minimum absolute atomic E-state index is 0.211. The van der Waals surface area contributed by atoms with E-state index in [2.05, 4.69) is 25.2 Å². The van der Waals surface area contributed by atoms with Gasteiger partial charge in [0.1, 0.15) is 5.58 Å². The molecule has 0 aliphatic heterocycles.